The van der Waals surface area contributed by atoms with Crippen molar-refractivity contribution in [3.63, 3.8) is 0 Å². The number of aromatic nitrogens is 2. The van der Waals surface area contributed by atoms with Crippen molar-refractivity contribution in [1.82, 2.24) is 20.0 Å². The number of halogens is 1. The Morgan fingerprint density at radius 2 is 1.54 bits per heavy atom. The Labute approximate surface area is 167 Å². The lowest BCUT2D eigenvalue weighted by Crippen LogP contribution is -2.50. The molecule has 1 aliphatic rings. The van der Waals surface area contributed by atoms with E-state index in [0.29, 0.717) is 48.2 Å². The number of benzene rings is 2. The van der Waals surface area contributed by atoms with Crippen molar-refractivity contribution in [1.29, 1.82) is 0 Å². The molecule has 0 saturated carbocycles. The summed E-state index contributed by atoms with van der Waals surface area (Å²) in [7, 11) is 0. The van der Waals surface area contributed by atoms with Crippen LogP contribution in [0.3, 0.4) is 0 Å². The molecule has 0 bridgehead atoms. The van der Waals surface area contributed by atoms with Crippen molar-refractivity contribution < 1.29 is 9.59 Å². The molecule has 28 heavy (non-hydrogen) atoms. The first-order valence-electron chi connectivity index (χ1n) is 9.07. The van der Waals surface area contributed by atoms with Crippen LogP contribution in [0, 0.1) is 0 Å². The predicted octanol–water partition coefficient (Wildman–Crippen LogP) is 3.33. The number of piperazine rings is 1. The summed E-state index contributed by atoms with van der Waals surface area (Å²) in [6.07, 6.45) is 0. The van der Waals surface area contributed by atoms with E-state index < -0.39 is 0 Å². The van der Waals surface area contributed by atoms with Crippen LogP contribution in [0.1, 0.15) is 20.8 Å². The van der Waals surface area contributed by atoms with Crippen molar-refractivity contribution in [3.8, 4) is 11.3 Å². The zero-order valence-corrected chi connectivity index (χ0v) is 15.9. The molecule has 0 unspecified atom stereocenters. The molecule has 0 aliphatic carbocycles. The molecule has 142 valence electrons. The molecule has 1 N–H and O–H groups in total. The summed E-state index contributed by atoms with van der Waals surface area (Å²) < 4.78 is 0. The van der Waals surface area contributed by atoms with Gasteiger partial charge in [0, 0.05) is 42.3 Å². The summed E-state index contributed by atoms with van der Waals surface area (Å²) >= 11 is 6.02. The van der Waals surface area contributed by atoms with Gasteiger partial charge in [0.2, 0.25) is 0 Å². The number of carbonyl (C=O) groups is 2. The first-order chi connectivity index (χ1) is 13.6. The van der Waals surface area contributed by atoms with Crippen LogP contribution in [0.2, 0.25) is 5.02 Å². The highest BCUT2D eigenvalue weighted by Crippen LogP contribution is 2.22. The van der Waals surface area contributed by atoms with E-state index in [0.717, 1.165) is 5.56 Å². The average molecular weight is 395 g/mol. The number of carbonyl (C=O) groups excluding carboxylic acids is 2. The van der Waals surface area contributed by atoms with E-state index in [2.05, 4.69) is 10.2 Å². The summed E-state index contributed by atoms with van der Waals surface area (Å²) in [5.74, 6) is -0.120. The van der Waals surface area contributed by atoms with Gasteiger partial charge in [0.05, 0.1) is 5.69 Å². The molecule has 2 amide bonds. The van der Waals surface area contributed by atoms with Gasteiger partial charge in [0.1, 0.15) is 5.69 Å². The smallest absolute Gasteiger partial charge is 0.272 e. The zero-order valence-electron chi connectivity index (χ0n) is 15.1. The number of H-pyrrole nitrogens is 1. The second-order valence-electron chi connectivity index (χ2n) is 6.63. The van der Waals surface area contributed by atoms with Crippen molar-refractivity contribution >= 4 is 23.4 Å². The number of aromatic amines is 1. The third kappa shape index (κ3) is 3.77. The summed E-state index contributed by atoms with van der Waals surface area (Å²) in [6.45, 7) is 2.00. The van der Waals surface area contributed by atoms with Crippen LogP contribution in [-0.4, -0.2) is 58.0 Å². The lowest BCUT2D eigenvalue weighted by Gasteiger charge is -2.34. The SMILES string of the molecule is O=C(c1ccccc1)N1CCN(C(=O)c2cc(-c3cccc(Cl)c3)n[nH]2)CC1. The zero-order chi connectivity index (χ0) is 19.5. The van der Waals surface area contributed by atoms with Crippen LogP contribution >= 0.6 is 11.6 Å². The number of hydrogen-bond acceptors (Lipinski definition) is 3. The van der Waals surface area contributed by atoms with Gasteiger partial charge in [-0.2, -0.15) is 5.10 Å². The van der Waals surface area contributed by atoms with Crippen molar-refractivity contribution in [2.75, 3.05) is 26.2 Å². The molecule has 7 heteroatoms. The molecular formula is C21H19ClN4O2. The molecule has 6 nitrogen and oxygen atoms in total. The number of nitrogens with one attached hydrogen (secondary N) is 1. The molecule has 2 aromatic carbocycles. The van der Waals surface area contributed by atoms with Crippen LogP contribution in [0.4, 0.5) is 0 Å². The summed E-state index contributed by atoms with van der Waals surface area (Å²) in [4.78, 5) is 28.8. The van der Waals surface area contributed by atoms with Gasteiger partial charge in [-0.25, -0.2) is 0 Å². The fourth-order valence-electron chi connectivity index (χ4n) is 3.27. The normalized spacial score (nSPS) is 14.2. The Morgan fingerprint density at radius 3 is 2.21 bits per heavy atom. The monoisotopic (exact) mass is 394 g/mol. The van der Waals surface area contributed by atoms with Crippen LogP contribution in [0.15, 0.2) is 60.7 Å². The molecular weight excluding hydrogens is 376 g/mol. The number of hydrogen-bond donors (Lipinski definition) is 1. The highest BCUT2D eigenvalue weighted by molar-refractivity contribution is 6.30. The van der Waals surface area contributed by atoms with E-state index in [4.69, 9.17) is 11.6 Å². The Kier molecular flexibility index (Phi) is 5.12. The highest BCUT2D eigenvalue weighted by atomic mass is 35.5. The molecule has 1 aliphatic heterocycles. The van der Waals surface area contributed by atoms with Gasteiger partial charge in [0.25, 0.3) is 11.8 Å². The third-order valence-corrected chi connectivity index (χ3v) is 5.04. The summed E-state index contributed by atoms with van der Waals surface area (Å²) in [5.41, 5.74) is 2.62. The minimum atomic E-state index is -0.118. The van der Waals surface area contributed by atoms with E-state index in [1.54, 1.807) is 28.0 Å². The van der Waals surface area contributed by atoms with E-state index in [1.807, 2.05) is 42.5 Å². The van der Waals surface area contributed by atoms with Crippen LogP contribution < -0.4 is 0 Å². The van der Waals surface area contributed by atoms with Crippen molar-refractivity contribution in [2.24, 2.45) is 0 Å². The minimum Gasteiger partial charge on any atom is -0.335 e. The Balaban J connectivity index is 1.40. The first-order valence-corrected chi connectivity index (χ1v) is 9.44. The molecule has 1 aromatic heterocycles. The van der Waals surface area contributed by atoms with Gasteiger partial charge >= 0.3 is 0 Å². The molecule has 0 radical (unpaired) electrons. The Hall–Kier alpha value is -3.12. The van der Waals surface area contributed by atoms with Crippen LogP contribution in [-0.2, 0) is 0 Å². The van der Waals surface area contributed by atoms with Gasteiger partial charge in [-0.3, -0.25) is 14.7 Å². The van der Waals surface area contributed by atoms with Gasteiger partial charge in [-0.15, -0.1) is 0 Å². The van der Waals surface area contributed by atoms with Crippen LogP contribution in [0.5, 0.6) is 0 Å². The van der Waals surface area contributed by atoms with Crippen molar-refractivity contribution in [2.45, 2.75) is 0 Å². The Morgan fingerprint density at radius 1 is 0.857 bits per heavy atom. The lowest BCUT2D eigenvalue weighted by atomic mass is 10.1. The number of nitrogens with zero attached hydrogens (tertiary/aromatic N) is 3. The first kappa shape index (κ1) is 18.3. The maximum atomic E-state index is 12.8. The fraction of sp³-hybridized carbons (Fsp3) is 0.190. The van der Waals surface area contributed by atoms with Gasteiger partial charge in [-0.05, 0) is 30.3 Å². The molecule has 4 rings (SSSR count). The molecule has 0 atom stereocenters. The van der Waals surface area contributed by atoms with Gasteiger partial charge in [-0.1, -0.05) is 41.9 Å². The predicted molar refractivity (Wildman–Crippen MR) is 107 cm³/mol. The maximum absolute atomic E-state index is 12.8. The number of amides is 2. The molecule has 2 heterocycles. The quantitative estimate of drug-likeness (QED) is 0.740. The van der Waals surface area contributed by atoms with E-state index in [-0.39, 0.29) is 11.8 Å². The second-order valence-corrected chi connectivity index (χ2v) is 7.06. The second kappa shape index (κ2) is 7.86. The van der Waals surface area contributed by atoms with E-state index in [1.165, 1.54) is 0 Å². The van der Waals surface area contributed by atoms with Crippen LogP contribution in [0.25, 0.3) is 11.3 Å². The van der Waals surface area contributed by atoms with Gasteiger partial charge < -0.3 is 9.80 Å². The van der Waals surface area contributed by atoms with E-state index in [9.17, 15) is 9.59 Å². The summed E-state index contributed by atoms with van der Waals surface area (Å²) in [5, 5.41) is 7.66. The van der Waals surface area contributed by atoms with E-state index >= 15 is 0 Å². The summed E-state index contributed by atoms with van der Waals surface area (Å²) in [6, 6.07) is 18.3. The molecule has 1 saturated heterocycles. The third-order valence-electron chi connectivity index (χ3n) is 4.80. The van der Waals surface area contributed by atoms with Gasteiger partial charge in [0.15, 0.2) is 0 Å². The number of rotatable bonds is 3. The topological polar surface area (TPSA) is 69.3 Å². The largest absolute Gasteiger partial charge is 0.335 e. The maximum Gasteiger partial charge on any atom is 0.272 e. The van der Waals surface area contributed by atoms with Crippen molar-refractivity contribution in [3.05, 3.63) is 76.9 Å². The highest BCUT2D eigenvalue weighted by Gasteiger charge is 2.26. The Bertz CT molecular complexity index is 994. The molecule has 3 aromatic rings. The lowest BCUT2D eigenvalue weighted by molar-refractivity contribution is 0.0532. The standard InChI is InChI=1S/C21H19ClN4O2/c22-17-8-4-7-16(13-17)18-14-19(24-23-18)21(28)26-11-9-25(10-12-26)20(27)15-5-2-1-3-6-15/h1-8,13-14H,9-12H2,(H,23,24). The molecule has 1 fully saturated rings. The fourth-order valence-corrected chi connectivity index (χ4v) is 3.46. The molecule has 0 spiro atoms. The average Bonchev–Trinajstić information content (AvgIpc) is 3.24. The minimum absolute atomic E-state index is 0.00233.